The Labute approximate surface area is 241 Å². The summed E-state index contributed by atoms with van der Waals surface area (Å²) < 4.78 is 4.72. The first-order valence-corrected chi connectivity index (χ1v) is 14.9. The number of nitrogens with zero attached hydrogens (tertiary/aromatic N) is 3. The number of aryl methyl sites for hydroxylation is 4. The van der Waals surface area contributed by atoms with E-state index in [2.05, 4.69) is 124 Å². The Hall–Kier alpha value is -4.42. The minimum absolute atomic E-state index is 0.418. The fourth-order valence-electron chi connectivity index (χ4n) is 7.34. The predicted octanol–water partition coefficient (Wildman–Crippen LogP) is 9.22. The normalized spacial score (nSPS) is 12.2. The number of benzene rings is 4. The van der Waals surface area contributed by atoms with Crippen molar-refractivity contribution in [3.05, 3.63) is 94.2 Å². The third-order valence-corrected chi connectivity index (χ3v) is 9.49. The van der Waals surface area contributed by atoms with Crippen LogP contribution < -0.4 is 4.57 Å². The molecule has 41 heavy (non-hydrogen) atoms. The molecule has 7 aromatic rings. The van der Waals surface area contributed by atoms with E-state index in [1.807, 2.05) is 0 Å². The molecule has 0 bridgehead atoms. The standard InChI is InChI=1S/C38H36N3/c1-8-24-16-25(9-2)34(29(17-24)21(3)4)27-18-26-14-15-40(7)37-33-23(6)22(5)30(20-39)36-28-12-10-11-13-31(28)41(38(33)36)32(19-27)35(26)37/h10-19,21H,8-9H2,1-7H3/q+1. The monoisotopic (exact) mass is 534 g/mol. The first-order chi connectivity index (χ1) is 19.8. The summed E-state index contributed by atoms with van der Waals surface area (Å²) in [4.78, 5) is 0. The molecule has 0 amide bonds. The Kier molecular flexibility index (Phi) is 5.64. The predicted molar refractivity (Wildman–Crippen MR) is 172 cm³/mol. The molecule has 0 aliphatic heterocycles. The number of hydrogen-bond donors (Lipinski definition) is 0. The van der Waals surface area contributed by atoms with Crippen molar-refractivity contribution < 1.29 is 4.57 Å². The number of nitriles is 1. The molecular weight excluding hydrogens is 498 g/mol. The van der Waals surface area contributed by atoms with Gasteiger partial charge in [0, 0.05) is 16.8 Å². The minimum atomic E-state index is 0.418. The molecule has 0 atom stereocenters. The highest BCUT2D eigenvalue weighted by Crippen LogP contribution is 2.45. The van der Waals surface area contributed by atoms with Gasteiger partial charge in [-0.15, -0.1) is 0 Å². The number of para-hydroxylation sites is 1. The van der Waals surface area contributed by atoms with E-state index in [0.29, 0.717) is 5.92 Å². The second-order valence-electron chi connectivity index (χ2n) is 12.0. The lowest BCUT2D eigenvalue weighted by Crippen LogP contribution is -2.29. The second-order valence-corrected chi connectivity index (χ2v) is 12.0. The molecule has 0 N–H and O–H groups in total. The van der Waals surface area contributed by atoms with Gasteiger partial charge in [0.1, 0.15) is 13.1 Å². The van der Waals surface area contributed by atoms with Gasteiger partial charge in [-0.2, -0.15) is 5.26 Å². The third kappa shape index (κ3) is 3.34. The second kappa shape index (κ2) is 9.05. The van der Waals surface area contributed by atoms with Gasteiger partial charge in [0.05, 0.1) is 32.9 Å². The number of rotatable bonds is 4. The molecule has 202 valence electrons. The van der Waals surface area contributed by atoms with Gasteiger partial charge in [0.2, 0.25) is 5.52 Å². The van der Waals surface area contributed by atoms with Gasteiger partial charge in [0.25, 0.3) is 0 Å². The van der Waals surface area contributed by atoms with Crippen LogP contribution in [0.3, 0.4) is 0 Å². The average Bonchev–Trinajstić information content (AvgIpc) is 3.32. The van der Waals surface area contributed by atoms with E-state index < -0.39 is 0 Å². The number of fused-ring (bicyclic) bond motifs is 5. The molecule has 0 aliphatic rings. The summed E-state index contributed by atoms with van der Waals surface area (Å²) in [6.45, 7) is 13.4. The molecule has 0 fully saturated rings. The van der Waals surface area contributed by atoms with Crippen molar-refractivity contribution in [3.8, 4) is 17.2 Å². The van der Waals surface area contributed by atoms with Crippen molar-refractivity contribution in [2.75, 3.05) is 0 Å². The minimum Gasteiger partial charge on any atom is -0.307 e. The van der Waals surface area contributed by atoms with Crippen LogP contribution in [0, 0.1) is 25.2 Å². The van der Waals surface area contributed by atoms with Gasteiger partial charge >= 0.3 is 0 Å². The molecule has 0 unspecified atom stereocenters. The first-order valence-electron chi connectivity index (χ1n) is 14.9. The largest absolute Gasteiger partial charge is 0.307 e. The van der Waals surface area contributed by atoms with Crippen LogP contribution in [0.2, 0.25) is 0 Å². The van der Waals surface area contributed by atoms with Crippen LogP contribution >= 0.6 is 0 Å². The Balaban J connectivity index is 1.79. The molecule has 3 aromatic heterocycles. The summed E-state index contributed by atoms with van der Waals surface area (Å²) >= 11 is 0. The summed E-state index contributed by atoms with van der Waals surface area (Å²) in [6.07, 6.45) is 4.24. The van der Waals surface area contributed by atoms with Crippen LogP contribution in [0.1, 0.15) is 67.0 Å². The van der Waals surface area contributed by atoms with Gasteiger partial charge in [-0.25, -0.2) is 4.57 Å². The Morgan fingerprint density at radius 1 is 0.878 bits per heavy atom. The molecule has 3 heterocycles. The molecule has 0 saturated heterocycles. The molecule has 0 saturated carbocycles. The molecule has 3 heteroatoms. The molecule has 4 aromatic carbocycles. The smallest absolute Gasteiger partial charge is 0.224 e. The van der Waals surface area contributed by atoms with E-state index in [4.69, 9.17) is 0 Å². The topological polar surface area (TPSA) is 32.1 Å². The maximum absolute atomic E-state index is 10.4. The van der Waals surface area contributed by atoms with Crippen LogP contribution in [-0.2, 0) is 19.9 Å². The summed E-state index contributed by atoms with van der Waals surface area (Å²) in [5.41, 5.74) is 14.7. The molecule has 3 nitrogen and oxygen atoms in total. The lowest BCUT2D eigenvalue weighted by molar-refractivity contribution is -0.643. The van der Waals surface area contributed by atoms with Gasteiger partial charge in [0.15, 0.2) is 6.20 Å². The van der Waals surface area contributed by atoms with Gasteiger partial charge in [-0.3, -0.25) is 0 Å². The summed E-state index contributed by atoms with van der Waals surface area (Å²) in [5, 5.41) is 16.4. The summed E-state index contributed by atoms with van der Waals surface area (Å²) in [6, 6.07) is 23.1. The third-order valence-electron chi connectivity index (χ3n) is 9.49. The van der Waals surface area contributed by atoms with Crippen LogP contribution in [0.15, 0.2) is 60.8 Å². The fourth-order valence-corrected chi connectivity index (χ4v) is 7.34. The van der Waals surface area contributed by atoms with Crippen molar-refractivity contribution in [1.29, 1.82) is 5.26 Å². The van der Waals surface area contributed by atoms with E-state index in [1.54, 1.807) is 0 Å². The number of hydrogen-bond acceptors (Lipinski definition) is 1. The molecule has 7 rings (SSSR count). The van der Waals surface area contributed by atoms with Crippen LogP contribution in [-0.4, -0.2) is 4.40 Å². The highest BCUT2D eigenvalue weighted by atomic mass is 15.0. The van der Waals surface area contributed by atoms with Crippen molar-refractivity contribution in [2.24, 2.45) is 7.05 Å². The molecule has 0 radical (unpaired) electrons. The van der Waals surface area contributed by atoms with E-state index in [0.717, 1.165) is 45.8 Å². The van der Waals surface area contributed by atoms with Crippen LogP contribution in [0.5, 0.6) is 0 Å². The lowest BCUT2D eigenvalue weighted by Gasteiger charge is -2.21. The summed E-state index contributed by atoms with van der Waals surface area (Å²) in [5.74, 6) is 0.418. The van der Waals surface area contributed by atoms with Gasteiger partial charge in [-0.1, -0.05) is 58.0 Å². The van der Waals surface area contributed by atoms with Crippen LogP contribution in [0.4, 0.5) is 0 Å². The lowest BCUT2D eigenvalue weighted by atomic mass is 9.84. The van der Waals surface area contributed by atoms with E-state index >= 15 is 0 Å². The first kappa shape index (κ1) is 25.5. The van der Waals surface area contributed by atoms with Crippen molar-refractivity contribution in [1.82, 2.24) is 4.40 Å². The van der Waals surface area contributed by atoms with Crippen molar-refractivity contribution in [2.45, 2.75) is 60.3 Å². The van der Waals surface area contributed by atoms with Gasteiger partial charge in [-0.05, 0) is 95.1 Å². The maximum Gasteiger partial charge on any atom is 0.224 e. The van der Waals surface area contributed by atoms with Crippen LogP contribution in [0.25, 0.3) is 60.1 Å². The molecular formula is C38H36N3+. The highest BCUT2D eigenvalue weighted by molar-refractivity contribution is 6.27. The SMILES string of the molecule is CCc1cc(CC)c(-c2cc3cc[n+](C)c4c5c(C)c(C)c(C#N)c6c7ccccc7n(c(c2)c34)c65)c(C(C)C)c1. The van der Waals surface area contributed by atoms with Crippen molar-refractivity contribution in [3.63, 3.8) is 0 Å². The quantitative estimate of drug-likeness (QED) is 0.126. The maximum atomic E-state index is 10.4. The molecule has 0 spiro atoms. The highest BCUT2D eigenvalue weighted by Gasteiger charge is 2.28. The average molecular weight is 535 g/mol. The Morgan fingerprint density at radius 2 is 1.66 bits per heavy atom. The van der Waals surface area contributed by atoms with Crippen molar-refractivity contribution >= 4 is 49.0 Å². The van der Waals surface area contributed by atoms with E-state index in [1.165, 1.54) is 60.6 Å². The Bertz CT molecular complexity index is 2240. The number of pyridine rings is 2. The molecule has 0 aliphatic carbocycles. The Morgan fingerprint density at radius 3 is 2.37 bits per heavy atom. The van der Waals surface area contributed by atoms with E-state index in [-0.39, 0.29) is 0 Å². The zero-order valence-corrected chi connectivity index (χ0v) is 25.1. The zero-order chi connectivity index (χ0) is 28.7. The van der Waals surface area contributed by atoms with Gasteiger partial charge < -0.3 is 4.40 Å². The fraction of sp³-hybridized carbons (Fsp3) is 0.263. The van der Waals surface area contributed by atoms with E-state index in [9.17, 15) is 5.26 Å². The number of aromatic nitrogens is 2. The summed E-state index contributed by atoms with van der Waals surface area (Å²) in [7, 11) is 2.15. The zero-order valence-electron chi connectivity index (χ0n) is 25.1.